The Kier molecular flexibility index (Phi) is 4.06. The van der Waals surface area contributed by atoms with E-state index in [1.54, 1.807) is 24.3 Å². The van der Waals surface area contributed by atoms with Crippen LogP contribution >= 0.6 is 0 Å². The van der Waals surface area contributed by atoms with Crippen LogP contribution in [0.3, 0.4) is 0 Å². The average molecular weight is 332 g/mol. The van der Waals surface area contributed by atoms with Crippen molar-refractivity contribution < 1.29 is 29.0 Å². The summed E-state index contributed by atoms with van der Waals surface area (Å²) in [6.45, 7) is 0.0564. The maximum absolute atomic E-state index is 12.2. The molecule has 3 amide bonds. The summed E-state index contributed by atoms with van der Waals surface area (Å²) >= 11 is 0. The Labute approximate surface area is 137 Å². The largest absolute Gasteiger partial charge is 0.479 e. The Bertz CT molecular complexity index is 688. The van der Waals surface area contributed by atoms with Crippen molar-refractivity contribution in [3.05, 3.63) is 35.4 Å². The molecule has 2 aliphatic heterocycles. The molecule has 1 atom stereocenters. The summed E-state index contributed by atoms with van der Waals surface area (Å²) in [5, 5.41) is 11.7. The van der Waals surface area contributed by atoms with Crippen molar-refractivity contribution in [2.24, 2.45) is 0 Å². The lowest BCUT2D eigenvalue weighted by atomic mass is 9.99. The van der Waals surface area contributed by atoms with Crippen molar-refractivity contribution in [1.29, 1.82) is 0 Å². The molecule has 1 fully saturated rings. The van der Waals surface area contributed by atoms with Crippen LogP contribution in [-0.2, 0) is 14.3 Å². The molecule has 1 unspecified atom stereocenters. The summed E-state index contributed by atoms with van der Waals surface area (Å²) < 4.78 is 5.06. The van der Waals surface area contributed by atoms with Crippen LogP contribution in [0, 0.1) is 0 Å². The highest BCUT2D eigenvalue weighted by Crippen LogP contribution is 2.23. The van der Waals surface area contributed by atoms with E-state index in [0.717, 1.165) is 4.90 Å². The molecule has 2 heterocycles. The quantitative estimate of drug-likeness (QED) is 0.736. The molecule has 0 radical (unpaired) electrons. The molecule has 1 saturated heterocycles. The van der Waals surface area contributed by atoms with Crippen molar-refractivity contribution in [3.8, 4) is 0 Å². The number of nitrogens with one attached hydrogen (secondary N) is 1. The smallest absolute Gasteiger partial charge is 0.331 e. The minimum absolute atomic E-state index is 0.0961. The van der Waals surface area contributed by atoms with Gasteiger partial charge in [-0.15, -0.1) is 0 Å². The zero-order chi connectivity index (χ0) is 17.3. The van der Waals surface area contributed by atoms with E-state index < -0.39 is 29.2 Å². The first-order valence-corrected chi connectivity index (χ1v) is 7.52. The van der Waals surface area contributed by atoms with E-state index in [2.05, 4.69) is 5.32 Å². The van der Waals surface area contributed by atoms with Crippen LogP contribution < -0.4 is 5.32 Å². The molecule has 2 aliphatic rings. The number of carboxylic acids is 1. The van der Waals surface area contributed by atoms with Gasteiger partial charge in [-0.1, -0.05) is 12.1 Å². The number of aliphatic carboxylic acids is 1. The molecule has 126 valence electrons. The number of hydrogen-bond acceptors (Lipinski definition) is 5. The number of carbonyl (C=O) groups excluding carboxylic acids is 3. The topological polar surface area (TPSA) is 113 Å². The molecular weight excluding hydrogens is 316 g/mol. The van der Waals surface area contributed by atoms with Gasteiger partial charge < -0.3 is 15.2 Å². The van der Waals surface area contributed by atoms with Gasteiger partial charge in [-0.25, -0.2) is 4.79 Å². The van der Waals surface area contributed by atoms with E-state index in [9.17, 15) is 24.3 Å². The van der Waals surface area contributed by atoms with Gasteiger partial charge in [0.1, 0.15) is 0 Å². The van der Waals surface area contributed by atoms with Crippen molar-refractivity contribution in [2.45, 2.75) is 18.4 Å². The first-order valence-electron chi connectivity index (χ1n) is 7.52. The molecule has 8 heteroatoms. The number of amides is 3. The lowest BCUT2D eigenvalue weighted by molar-refractivity contribution is -0.147. The predicted molar refractivity (Wildman–Crippen MR) is 80.4 cm³/mol. The van der Waals surface area contributed by atoms with Gasteiger partial charge in [0.2, 0.25) is 5.91 Å². The highest BCUT2D eigenvalue weighted by molar-refractivity contribution is 6.21. The minimum atomic E-state index is -1.43. The third-order valence-corrected chi connectivity index (χ3v) is 4.25. The van der Waals surface area contributed by atoms with E-state index in [1.807, 2.05) is 0 Å². The van der Waals surface area contributed by atoms with Crippen LogP contribution in [-0.4, -0.2) is 59.0 Å². The second-order valence-corrected chi connectivity index (χ2v) is 5.80. The van der Waals surface area contributed by atoms with Crippen molar-refractivity contribution in [2.75, 3.05) is 19.8 Å². The number of fused-ring (bicyclic) bond motifs is 1. The first kappa shape index (κ1) is 16.1. The Morgan fingerprint density at radius 1 is 1.21 bits per heavy atom. The van der Waals surface area contributed by atoms with Gasteiger partial charge in [0, 0.05) is 26.0 Å². The average Bonchev–Trinajstić information content (AvgIpc) is 3.12. The molecule has 0 aliphatic carbocycles. The van der Waals surface area contributed by atoms with Gasteiger partial charge in [0.05, 0.1) is 17.7 Å². The summed E-state index contributed by atoms with van der Waals surface area (Å²) in [6.07, 6.45) is 0.0155. The number of imide groups is 1. The predicted octanol–water partition coefficient (Wildman–Crippen LogP) is 0.0326. The molecule has 0 saturated carbocycles. The Balaban J connectivity index is 1.62. The van der Waals surface area contributed by atoms with E-state index in [1.165, 1.54) is 0 Å². The molecule has 3 rings (SSSR count). The third kappa shape index (κ3) is 2.65. The zero-order valence-corrected chi connectivity index (χ0v) is 12.8. The number of rotatable bonds is 5. The second kappa shape index (κ2) is 6.04. The number of nitrogens with zero attached hydrogens (tertiary/aromatic N) is 1. The van der Waals surface area contributed by atoms with Crippen molar-refractivity contribution in [3.63, 3.8) is 0 Å². The van der Waals surface area contributed by atoms with E-state index >= 15 is 0 Å². The van der Waals surface area contributed by atoms with Crippen LogP contribution in [0.1, 0.15) is 33.6 Å². The standard InChI is InChI=1S/C16H16N2O6/c19-12(17-16(15(22)23)6-8-24-9-16)5-7-18-13(20)10-3-1-2-4-11(10)14(18)21/h1-4H,5-9H2,(H,17,19)(H,22,23). The van der Waals surface area contributed by atoms with Crippen LogP contribution in [0.4, 0.5) is 0 Å². The highest BCUT2D eigenvalue weighted by Gasteiger charge is 2.44. The lowest BCUT2D eigenvalue weighted by Gasteiger charge is -2.24. The van der Waals surface area contributed by atoms with Gasteiger partial charge >= 0.3 is 5.97 Å². The zero-order valence-electron chi connectivity index (χ0n) is 12.8. The monoisotopic (exact) mass is 332 g/mol. The number of hydrogen-bond donors (Lipinski definition) is 2. The summed E-state index contributed by atoms with van der Waals surface area (Å²) in [4.78, 5) is 48.8. The van der Waals surface area contributed by atoms with E-state index in [-0.39, 0.29) is 32.6 Å². The fourth-order valence-electron chi connectivity index (χ4n) is 2.87. The Morgan fingerprint density at radius 3 is 2.33 bits per heavy atom. The van der Waals surface area contributed by atoms with Gasteiger partial charge in [0.25, 0.3) is 11.8 Å². The minimum Gasteiger partial charge on any atom is -0.479 e. The molecule has 8 nitrogen and oxygen atoms in total. The molecule has 1 aromatic rings. The number of ether oxygens (including phenoxy) is 1. The summed E-state index contributed by atoms with van der Waals surface area (Å²) in [6, 6.07) is 6.45. The number of carbonyl (C=O) groups is 4. The normalized spacial score (nSPS) is 22.6. The van der Waals surface area contributed by atoms with Gasteiger partial charge in [-0.3, -0.25) is 19.3 Å². The maximum atomic E-state index is 12.2. The van der Waals surface area contributed by atoms with Crippen LogP contribution in [0.25, 0.3) is 0 Å². The van der Waals surface area contributed by atoms with Gasteiger partial charge in [-0.05, 0) is 12.1 Å². The van der Waals surface area contributed by atoms with Crippen molar-refractivity contribution in [1.82, 2.24) is 10.2 Å². The molecule has 0 bridgehead atoms. The van der Waals surface area contributed by atoms with Crippen LogP contribution in [0.5, 0.6) is 0 Å². The molecule has 24 heavy (non-hydrogen) atoms. The van der Waals surface area contributed by atoms with Gasteiger partial charge in [-0.2, -0.15) is 0 Å². The molecule has 0 spiro atoms. The Hall–Kier alpha value is -2.74. The molecule has 1 aromatic carbocycles. The number of carboxylic acid groups (broad SMARTS) is 1. The summed E-state index contributed by atoms with van der Waals surface area (Å²) in [7, 11) is 0. The maximum Gasteiger partial charge on any atom is 0.331 e. The summed E-state index contributed by atoms with van der Waals surface area (Å²) in [5.74, 6) is -2.59. The van der Waals surface area contributed by atoms with Crippen LogP contribution in [0.2, 0.25) is 0 Å². The van der Waals surface area contributed by atoms with E-state index in [0.29, 0.717) is 11.1 Å². The van der Waals surface area contributed by atoms with Crippen molar-refractivity contribution >= 4 is 23.7 Å². The molecule has 0 aromatic heterocycles. The lowest BCUT2D eigenvalue weighted by Crippen LogP contribution is -2.55. The molecule has 2 N–H and O–H groups in total. The van der Waals surface area contributed by atoms with Gasteiger partial charge in [0.15, 0.2) is 5.54 Å². The highest BCUT2D eigenvalue weighted by atomic mass is 16.5. The molecular formula is C16H16N2O6. The second-order valence-electron chi connectivity index (χ2n) is 5.80. The Morgan fingerprint density at radius 2 is 1.83 bits per heavy atom. The third-order valence-electron chi connectivity index (χ3n) is 4.25. The fraction of sp³-hybridized carbons (Fsp3) is 0.375. The fourth-order valence-corrected chi connectivity index (χ4v) is 2.87. The van der Waals surface area contributed by atoms with Crippen LogP contribution in [0.15, 0.2) is 24.3 Å². The number of benzene rings is 1. The van der Waals surface area contributed by atoms with E-state index in [4.69, 9.17) is 4.74 Å². The first-order chi connectivity index (χ1) is 11.4. The SMILES string of the molecule is O=C(CCN1C(=O)c2ccccc2C1=O)NC1(C(=O)O)CCOC1. The summed E-state index contributed by atoms with van der Waals surface area (Å²) in [5.41, 5.74) is -0.803.